The number of nitrogens with one attached hydrogen (secondary N) is 1. The first kappa shape index (κ1) is 23.8. The topological polar surface area (TPSA) is 123 Å². The van der Waals surface area contributed by atoms with Crippen LogP contribution in [0.5, 0.6) is 0 Å². The fraction of sp³-hybridized carbons (Fsp3) is 0.583. The summed E-state index contributed by atoms with van der Waals surface area (Å²) in [7, 11) is -3.18. The highest BCUT2D eigenvalue weighted by Crippen LogP contribution is 2.43. The number of anilines is 2. The smallest absolute Gasteiger partial charge is 0.223 e. The van der Waals surface area contributed by atoms with Crippen LogP contribution in [0.1, 0.15) is 38.2 Å². The largest absolute Gasteiger partial charge is 0.368 e. The Morgan fingerprint density at radius 2 is 1.91 bits per heavy atom. The van der Waals surface area contributed by atoms with Gasteiger partial charge in [-0.3, -0.25) is 4.79 Å². The molecule has 3 fully saturated rings. The molecule has 3 aliphatic rings. The molecule has 1 aromatic carbocycles. The van der Waals surface area contributed by atoms with Crippen molar-refractivity contribution in [3.8, 4) is 6.07 Å². The van der Waals surface area contributed by atoms with Gasteiger partial charge in [0.1, 0.15) is 11.6 Å². The third-order valence-electron chi connectivity index (χ3n) is 7.74. The number of carbonyl (C=O) groups excluding carboxylic acids is 1. The quantitative estimate of drug-likeness (QED) is 0.678. The summed E-state index contributed by atoms with van der Waals surface area (Å²) in [4.78, 5) is 25.4. The van der Waals surface area contributed by atoms with Gasteiger partial charge in [0.25, 0.3) is 0 Å². The van der Waals surface area contributed by atoms with Crippen LogP contribution in [0, 0.1) is 16.7 Å². The SMILES string of the molecule is CC(=O)N1CCC2(CCN(c3c(C#N)ccc4cnc(NC5CCN(S(C)(=O)=O)CC5)nc34)C2)C1. The van der Waals surface area contributed by atoms with E-state index in [0.717, 1.165) is 55.6 Å². The fourth-order valence-electron chi connectivity index (χ4n) is 5.74. The lowest BCUT2D eigenvalue weighted by molar-refractivity contribution is -0.128. The minimum atomic E-state index is -3.18. The molecule has 1 N–H and O–H groups in total. The Balaban J connectivity index is 1.39. The van der Waals surface area contributed by atoms with Gasteiger partial charge < -0.3 is 15.1 Å². The molecular formula is C24H31N7O3S. The second-order valence-electron chi connectivity index (χ2n) is 10.1. The normalized spacial score (nSPS) is 23.8. The zero-order valence-corrected chi connectivity index (χ0v) is 21.0. The molecule has 5 rings (SSSR count). The number of benzene rings is 1. The summed E-state index contributed by atoms with van der Waals surface area (Å²) >= 11 is 0. The average Bonchev–Trinajstić information content (AvgIpc) is 3.44. The van der Waals surface area contributed by atoms with Crippen LogP contribution in [0.25, 0.3) is 10.9 Å². The van der Waals surface area contributed by atoms with Crippen molar-refractivity contribution in [2.24, 2.45) is 5.41 Å². The maximum atomic E-state index is 11.9. The molecule has 3 saturated heterocycles. The summed E-state index contributed by atoms with van der Waals surface area (Å²) in [6.45, 7) is 5.73. The Labute approximate surface area is 206 Å². The van der Waals surface area contributed by atoms with Crippen LogP contribution in [-0.4, -0.2) is 85.1 Å². The van der Waals surface area contributed by atoms with Crippen LogP contribution in [0.3, 0.4) is 0 Å². The van der Waals surface area contributed by atoms with Crippen molar-refractivity contribution >= 4 is 38.5 Å². The van der Waals surface area contributed by atoms with E-state index in [4.69, 9.17) is 4.98 Å². The van der Waals surface area contributed by atoms with Gasteiger partial charge >= 0.3 is 0 Å². The number of sulfonamides is 1. The molecule has 0 bridgehead atoms. The zero-order chi connectivity index (χ0) is 24.8. The Morgan fingerprint density at radius 3 is 2.57 bits per heavy atom. The standard InChI is InChI=1S/C24H31N7O3S/c1-17(32)29-11-7-24(15-29)8-12-30(16-24)22-18(13-25)3-4-19-14-26-23(28-21(19)22)27-20-5-9-31(10-6-20)35(2,33)34/h3-4,14,20H,5-12,15-16H2,1-2H3,(H,26,27,28). The van der Waals surface area contributed by atoms with Crippen LogP contribution in [0.15, 0.2) is 18.3 Å². The molecule has 11 heteroatoms. The number of fused-ring (bicyclic) bond motifs is 1. The Kier molecular flexibility index (Phi) is 6.05. The van der Waals surface area contributed by atoms with Crippen molar-refractivity contribution in [3.05, 3.63) is 23.9 Å². The summed E-state index contributed by atoms with van der Waals surface area (Å²) in [5.74, 6) is 0.609. The van der Waals surface area contributed by atoms with E-state index < -0.39 is 10.0 Å². The van der Waals surface area contributed by atoms with E-state index >= 15 is 0 Å². The molecule has 10 nitrogen and oxygen atoms in total. The highest BCUT2D eigenvalue weighted by molar-refractivity contribution is 7.88. The first-order valence-corrected chi connectivity index (χ1v) is 13.9. The fourth-order valence-corrected chi connectivity index (χ4v) is 6.61. The molecule has 186 valence electrons. The molecule has 1 spiro atoms. The number of likely N-dealkylation sites (tertiary alicyclic amines) is 1. The first-order chi connectivity index (χ1) is 16.7. The van der Waals surface area contributed by atoms with Crippen LogP contribution in [-0.2, 0) is 14.8 Å². The number of piperidine rings is 1. The maximum absolute atomic E-state index is 11.9. The molecule has 0 saturated carbocycles. The van der Waals surface area contributed by atoms with E-state index in [-0.39, 0.29) is 17.4 Å². The maximum Gasteiger partial charge on any atom is 0.223 e. The zero-order valence-electron chi connectivity index (χ0n) is 20.2. The molecule has 4 heterocycles. The van der Waals surface area contributed by atoms with Crippen molar-refractivity contribution in [2.45, 2.75) is 38.6 Å². The van der Waals surface area contributed by atoms with Crippen LogP contribution in [0.2, 0.25) is 0 Å². The summed E-state index contributed by atoms with van der Waals surface area (Å²) < 4.78 is 25.1. The number of nitriles is 1. The van der Waals surface area contributed by atoms with E-state index in [1.807, 2.05) is 17.0 Å². The lowest BCUT2D eigenvalue weighted by Gasteiger charge is -2.30. The van der Waals surface area contributed by atoms with Crippen LogP contribution < -0.4 is 10.2 Å². The van der Waals surface area contributed by atoms with Gasteiger partial charge in [-0.1, -0.05) is 0 Å². The second kappa shape index (κ2) is 8.91. The number of amides is 1. The van der Waals surface area contributed by atoms with E-state index in [2.05, 4.69) is 21.3 Å². The molecular weight excluding hydrogens is 466 g/mol. The third-order valence-corrected chi connectivity index (χ3v) is 9.04. The van der Waals surface area contributed by atoms with Crippen LogP contribution in [0.4, 0.5) is 11.6 Å². The minimum Gasteiger partial charge on any atom is -0.368 e. The van der Waals surface area contributed by atoms with Crippen molar-refractivity contribution in [1.29, 1.82) is 5.26 Å². The van der Waals surface area contributed by atoms with E-state index in [0.29, 0.717) is 37.4 Å². The minimum absolute atomic E-state index is 0.0578. The number of hydrogen-bond donors (Lipinski definition) is 1. The Hall–Kier alpha value is -2.97. The summed E-state index contributed by atoms with van der Waals surface area (Å²) in [6, 6.07) is 6.13. The summed E-state index contributed by atoms with van der Waals surface area (Å²) in [5, 5.41) is 14.1. The van der Waals surface area contributed by atoms with Crippen molar-refractivity contribution < 1.29 is 13.2 Å². The summed E-state index contributed by atoms with van der Waals surface area (Å²) in [5.41, 5.74) is 2.22. The molecule has 1 amide bonds. The van der Waals surface area contributed by atoms with Crippen molar-refractivity contribution in [1.82, 2.24) is 19.2 Å². The van der Waals surface area contributed by atoms with Gasteiger partial charge in [-0.2, -0.15) is 5.26 Å². The highest BCUT2D eigenvalue weighted by Gasteiger charge is 2.45. The third kappa shape index (κ3) is 4.65. The second-order valence-corrected chi connectivity index (χ2v) is 12.1. The van der Waals surface area contributed by atoms with Gasteiger partial charge in [0.05, 0.1) is 17.5 Å². The van der Waals surface area contributed by atoms with E-state index in [9.17, 15) is 18.5 Å². The highest BCUT2D eigenvalue weighted by atomic mass is 32.2. The van der Waals surface area contributed by atoms with Gasteiger partial charge in [0.2, 0.25) is 21.9 Å². The van der Waals surface area contributed by atoms with Crippen LogP contribution >= 0.6 is 0 Å². The molecule has 1 unspecified atom stereocenters. The lowest BCUT2D eigenvalue weighted by atomic mass is 9.86. The molecule has 0 radical (unpaired) electrons. The molecule has 0 aliphatic carbocycles. The van der Waals surface area contributed by atoms with Crippen molar-refractivity contribution in [2.75, 3.05) is 55.7 Å². The van der Waals surface area contributed by atoms with Gasteiger partial charge in [-0.05, 0) is 37.8 Å². The Morgan fingerprint density at radius 1 is 1.17 bits per heavy atom. The summed E-state index contributed by atoms with van der Waals surface area (Å²) in [6.07, 6.45) is 6.34. The average molecular weight is 498 g/mol. The van der Waals surface area contributed by atoms with E-state index in [1.54, 1.807) is 13.1 Å². The number of aromatic nitrogens is 2. The molecule has 1 aromatic heterocycles. The monoisotopic (exact) mass is 497 g/mol. The molecule has 3 aliphatic heterocycles. The number of carbonyl (C=O) groups is 1. The molecule has 1 atom stereocenters. The molecule has 35 heavy (non-hydrogen) atoms. The van der Waals surface area contributed by atoms with Gasteiger partial charge in [0, 0.05) is 69.2 Å². The number of nitrogens with zero attached hydrogens (tertiary/aromatic N) is 6. The predicted octanol–water partition coefficient (Wildman–Crippen LogP) is 1.79. The van der Waals surface area contributed by atoms with Crippen molar-refractivity contribution in [3.63, 3.8) is 0 Å². The number of rotatable bonds is 4. The first-order valence-electron chi connectivity index (χ1n) is 12.1. The van der Waals surface area contributed by atoms with Gasteiger partial charge in [-0.15, -0.1) is 0 Å². The lowest BCUT2D eigenvalue weighted by Crippen LogP contribution is -2.42. The number of hydrogen-bond acceptors (Lipinski definition) is 8. The van der Waals surface area contributed by atoms with E-state index in [1.165, 1.54) is 10.6 Å². The molecule has 2 aromatic rings. The van der Waals surface area contributed by atoms with Gasteiger partial charge in [0.15, 0.2) is 0 Å². The van der Waals surface area contributed by atoms with Gasteiger partial charge in [-0.25, -0.2) is 22.7 Å². The predicted molar refractivity (Wildman–Crippen MR) is 133 cm³/mol. The Bertz CT molecular complexity index is 1300.